The van der Waals surface area contributed by atoms with Crippen molar-refractivity contribution in [3.05, 3.63) is 80.7 Å². The fraction of sp³-hybridized carbons (Fsp3) is 0.250. The summed E-state index contributed by atoms with van der Waals surface area (Å²) >= 11 is 0. The summed E-state index contributed by atoms with van der Waals surface area (Å²) < 4.78 is 4.94. The molecule has 2 heterocycles. The number of carbonyl (C=O) groups is 1. The Balaban J connectivity index is 1.52. The highest BCUT2D eigenvalue weighted by molar-refractivity contribution is 5.80. The molecule has 3 rings (SSSR count). The summed E-state index contributed by atoms with van der Waals surface area (Å²) in [6, 6.07) is 3.40. The Bertz CT molecular complexity index is 986. The zero-order chi connectivity index (χ0) is 19.2. The number of oxazole rings is 1. The first-order chi connectivity index (χ1) is 13.0. The lowest BCUT2D eigenvalue weighted by Crippen LogP contribution is -2.18. The largest absolute Gasteiger partial charge is 0.417 e. The van der Waals surface area contributed by atoms with Gasteiger partial charge in [-0.25, -0.2) is 4.79 Å². The summed E-state index contributed by atoms with van der Waals surface area (Å²) in [5.74, 6) is -0.0170. The lowest BCUT2D eigenvalue weighted by atomic mass is 9.84. The van der Waals surface area contributed by atoms with E-state index in [0.29, 0.717) is 23.8 Å². The average molecular weight is 367 g/mol. The van der Waals surface area contributed by atoms with Crippen LogP contribution in [0.4, 0.5) is 0 Å². The van der Waals surface area contributed by atoms with Crippen molar-refractivity contribution in [2.45, 2.75) is 31.6 Å². The third kappa shape index (κ3) is 4.84. The third-order valence-corrected chi connectivity index (χ3v) is 4.56. The van der Waals surface area contributed by atoms with Crippen molar-refractivity contribution >= 4 is 18.1 Å². The van der Waals surface area contributed by atoms with E-state index in [2.05, 4.69) is 27.9 Å². The molecule has 0 aromatic carbocycles. The van der Waals surface area contributed by atoms with Crippen LogP contribution in [-0.4, -0.2) is 15.9 Å². The van der Waals surface area contributed by atoms with E-state index in [0.717, 1.165) is 30.4 Å². The number of hydrogen-bond acceptors (Lipinski definition) is 4. The van der Waals surface area contributed by atoms with E-state index in [4.69, 9.17) is 4.42 Å². The van der Waals surface area contributed by atoms with Crippen molar-refractivity contribution in [2.75, 3.05) is 0 Å². The maximum Gasteiger partial charge on any atom is 0.417 e. The Labute approximate surface area is 155 Å². The van der Waals surface area contributed by atoms with Gasteiger partial charge in [0.15, 0.2) is 5.76 Å². The zero-order valence-corrected chi connectivity index (χ0v) is 14.8. The van der Waals surface area contributed by atoms with Crippen LogP contribution in [0.2, 0.25) is 0 Å². The molecule has 7 heteroatoms. The van der Waals surface area contributed by atoms with Crippen molar-refractivity contribution < 1.29 is 9.21 Å². The van der Waals surface area contributed by atoms with Crippen LogP contribution in [-0.2, 0) is 4.79 Å². The molecule has 0 saturated heterocycles. The first kappa shape index (κ1) is 18.4. The van der Waals surface area contributed by atoms with Crippen LogP contribution in [0.25, 0.3) is 12.2 Å². The number of nitrogens with one attached hydrogen (secondary N) is 3. The first-order valence-corrected chi connectivity index (χ1v) is 8.73. The number of allylic oxidation sites excluding steroid dienone is 1. The van der Waals surface area contributed by atoms with E-state index in [1.165, 1.54) is 18.4 Å². The smallest absolute Gasteiger partial charge is 0.408 e. The summed E-state index contributed by atoms with van der Waals surface area (Å²) in [5, 5.41) is 2.68. The molecule has 140 valence electrons. The second-order valence-electron chi connectivity index (χ2n) is 6.39. The molecule has 3 N–H and O–H groups in total. The van der Waals surface area contributed by atoms with Gasteiger partial charge in [0.25, 0.3) is 0 Å². The molecule has 7 nitrogen and oxygen atoms in total. The van der Waals surface area contributed by atoms with E-state index in [9.17, 15) is 14.4 Å². The molecule has 0 fully saturated rings. The van der Waals surface area contributed by atoms with Gasteiger partial charge in [0.1, 0.15) is 0 Å². The highest BCUT2D eigenvalue weighted by Crippen LogP contribution is 2.32. The van der Waals surface area contributed by atoms with Gasteiger partial charge in [-0.15, -0.1) is 0 Å². The number of aromatic amines is 2. The Morgan fingerprint density at radius 2 is 2.22 bits per heavy atom. The van der Waals surface area contributed by atoms with Crippen molar-refractivity contribution in [1.82, 2.24) is 15.3 Å². The highest BCUT2D eigenvalue weighted by atomic mass is 16.4. The first-order valence-electron chi connectivity index (χ1n) is 8.73. The molecule has 1 amide bonds. The van der Waals surface area contributed by atoms with Gasteiger partial charge in [0.2, 0.25) is 11.5 Å². The zero-order valence-electron chi connectivity index (χ0n) is 14.8. The van der Waals surface area contributed by atoms with Gasteiger partial charge in [-0.3, -0.25) is 14.6 Å². The molecule has 0 bridgehead atoms. The van der Waals surface area contributed by atoms with Crippen molar-refractivity contribution in [2.24, 2.45) is 0 Å². The second kappa shape index (κ2) is 8.35. The van der Waals surface area contributed by atoms with Gasteiger partial charge < -0.3 is 14.7 Å². The monoisotopic (exact) mass is 367 g/mol. The minimum absolute atomic E-state index is 0.102. The van der Waals surface area contributed by atoms with E-state index in [1.54, 1.807) is 12.3 Å². The molecule has 1 aliphatic rings. The van der Waals surface area contributed by atoms with Crippen molar-refractivity contribution in [1.29, 1.82) is 0 Å². The van der Waals surface area contributed by atoms with Gasteiger partial charge in [0.05, 0.1) is 5.69 Å². The molecule has 1 atom stereocenters. The van der Waals surface area contributed by atoms with Gasteiger partial charge in [-0.2, -0.15) is 0 Å². The molecule has 1 unspecified atom stereocenters. The average Bonchev–Trinajstić information content (AvgIpc) is 3.03. The van der Waals surface area contributed by atoms with Gasteiger partial charge in [0, 0.05) is 24.9 Å². The minimum atomic E-state index is -0.569. The molecule has 0 aliphatic heterocycles. The number of hydrogen-bond donors (Lipinski definition) is 3. The van der Waals surface area contributed by atoms with Crippen LogP contribution in [0.15, 0.2) is 56.8 Å². The molecule has 2 aromatic heterocycles. The maximum absolute atomic E-state index is 12.1. The van der Waals surface area contributed by atoms with E-state index < -0.39 is 5.76 Å². The molecule has 2 aromatic rings. The molecule has 0 radical (unpaired) electrons. The number of amides is 1. The van der Waals surface area contributed by atoms with E-state index in [-0.39, 0.29) is 11.5 Å². The minimum Gasteiger partial charge on any atom is -0.408 e. The normalized spacial score (nSPS) is 16.9. The van der Waals surface area contributed by atoms with Crippen molar-refractivity contribution in [3.8, 4) is 0 Å². The number of carbonyl (C=O) groups excluding carboxylic acids is 1. The summed E-state index contributed by atoms with van der Waals surface area (Å²) in [6.45, 7) is 3.58. The van der Waals surface area contributed by atoms with Gasteiger partial charge in [-0.1, -0.05) is 24.3 Å². The van der Waals surface area contributed by atoms with E-state index in [1.807, 2.05) is 6.07 Å². The molecular formula is C20H21N3O4. The van der Waals surface area contributed by atoms with Gasteiger partial charge in [-0.05, 0) is 42.9 Å². The van der Waals surface area contributed by atoms with Crippen LogP contribution in [0.1, 0.15) is 48.6 Å². The van der Waals surface area contributed by atoms with Crippen LogP contribution >= 0.6 is 0 Å². The number of rotatable bonds is 6. The summed E-state index contributed by atoms with van der Waals surface area (Å²) in [5.41, 5.74) is 2.58. The van der Waals surface area contributed by atoms with Gasteiger partial charge >= 0.3 is 5.76 Å². The molecular weight excluding hydrogens is 346 g/mol. The Hall–Kier alpha value is -3.35. The maximum atomic E-state index is 12.1. The predicted octanol–water partition coefficient (Wildman–Crippen LogP) is 2.67. The molecule has 0 spiro atoms. The third-order valence-electron chi connectivity index (χ3n) is 4.56. The highest BCUT2D eigenvalue weighted by Gasteiger charge is 2.17. The lowest BCUT2D eigenvalue weighted by Gasteiger charge is -2.21. The Kier molecular flexibility index (Phi) is 5.71. The van der Waals surface area contributed by atoms with Crippen molar-refractivity contribution in [3.63, 3.8) is 0 Å². The Morgan fingerprint density at radius 3 is 2.89 bits per heavy atom. The summed E-state index contributed by atoms with van der Waals surface area (Å²) in [4.78, 5) is 39.6. The van der Waals surface area contributed by atoms with Crippen LogP contribution in [0.3, 0.4) is 0 Å². The number of H-pyrrole nitrogens is 2. The molecule has 0 saturated carbocycles. The molecule has 27 heavy (non-hydrogen) atoms. The summed E-state index contributed by atoms with van der Waals surface area (Å²) in [7, 11) is 0. The Morgan fingerprint density at radius 1 is 1.37 bits per heavy atom. The number of aromatic nitrogens is 2. The van der Waals surface area contributed by atoms with Crippen LogP contribution in [0, 0.1) is 0 Å². The predicted molar refractivity (Wildman–Crippen MR) is 103 cm³/mol. The topological polar surface area (TPSA) is 108 Å². The number of pyridine rings is 1. The second-order valence-corrected chi connectivity index (χ2v) is 6.39. The molecule has 1 aliphatic carbocycles. The SMILES string of the molecule is C=Cc1[nH]c(=O)oc1/C=C/NC(=O)CC1=CCC(c2ccc(=O)[nH]c2)CC1. The fourth-order valence-corrected chi connectivity index (χ4v) is 3.12. The van der Waals surface area contributed by atoms with Crippen LogP contribution in [0.5, 0.6) is 0 Å². The van der Waals surface area contributed by atoms with Crippen LogP contribution < -0.4 is 16.6 Å². The standard InChI is InChI=1S/C20H21N3O4/c1-2-16-17(27-20(26)23-16)9-10-21-19(25)11-13-3-5-14(6-4-13)15-7-8-18(24)22-12-15/h2-3,7-10,12,14H,1,4-6,11H2,(H,21,25)(H,22,24)(H,23,26)/b10-9+. The lowest BCUT2D eigenvalue weighted by molar-refractivity contribution is -0.119. The fourth-order valence-electron chi connectivity index (χ4n) is 3.12. The quantitative estimate of drug-likeness (QED) is 0.682. The summed E-state index contributed by atoms with van der Waals surface area (Å²) in [6.07, 6.45) is 11.3. The van der Waals surface area contributed by atoms with E-state index >= 15 is 0 Å².